The summed E-state index contributed by atoms with van der Waals surface area (Å²) in [7, 11) is 3.40. The molecule has 1 unspecified atom stereocenters. The second-order valence-corrected chi connectivity index (χ2v) is 8.50. The first kappa shape index (κ1) is 23.5. The average molecular weight is 432 g/mol. The molecule has 0 radical (unpaired) electrons. The molecular weight excluding hydrogens is 390 g/mol. The summed E-state index contributed by atoms with van der Waals surface area (Å²) in [6.45, 7) is 10.6. The molecule has 2 aliphatic heterocycles. The Hall–Kier alpha value is -2.15. The quantitative estimate of drug-likeness (QED) is 0.463. The Bertz CT molecular complexity index is 675. The van der Waals surface area contributed by atoms with Crippen LogP contribution in [0.3, 0.4) is 0 Å². The Balaban J connectivity index is 1.55. The number of anilines is 1. The molecule has 0 spiro atoms. The maximum Gasteiger partial charge on any atom is 0.191 e. The van der Waals surface area contributed by atoms with Gasteiger partial charge in [-0.05, 0) is 52.1 Å². The van der Waals surface area contributed by atoms with Gasteiger partial charge in [-0.25, -0.2) is 0 Å². The lowest BCUT2D eigenvalue weighted by Gasteiger charge is -2.35. The summed E-state index contributed by atoms with van der Waals surface area (Å²) in [6.07, 6.45) is 5.97. The second-order valence-electron chi connectivity index (χ2n) is 8.50. The van der Waals surface area contributed by atoms with Crippen molar-refractivity contribution in [1.82, 2.24) is 15.5 Å². The summed E-state index contributed by atoms with van der Waals surface area (Å²) >= 11 is 0. The van der Waals surface area contributed by atoms with E-state index >= 15 is 0 Å². The number of likely N-dealkylation sites (tertiary alicyclic amines) is 1. The van der Waals surface area contributed by atoms with E-state index in [9.17, 15) is 0 Å². The van der Waals surface area contributed by atoms with Crippen molar-refractivity contribution in [2.45, 2.75) is 58.0 Å². The van der Waals surface area contributed by atoms with E-state index in [2.05, 4.69) is 46.4 Å². The van der Waals surface area contributed by atoms with Gasteiger partial charge < -0.3 is 25.0 Å². The van der Waals surface area contributed by atoms with Crippen LogP contribution in [0.25, 0.3) is 0 Å². The van der Waals surface area contributed by atoms with Crippen LogP contribution in [0.2, 0.25) is 0 Å². The molecule has 174 valence electrons. The van der Waals surface area contributed by atoms with E-state index in [1.54, 1.807) is 14.2 Å². The summed E-state index contributed by atoms with van der Waals surface area (Å²) in [4.78, 5) is 9.97. The lowest BCUT2D eigenvalue weighted by molar-refractivity contribution is 0.242. The van der Waals surface area contributed by atoms with Crippen molar-refractivity contribution in [3.63, 3.8) is 0 Å². The zero-order chi connectivity index (χ0) is 22.1. The van der Waals surface area contributed by atoms with E-state index in [0.29, 0.717) is 12.1 Å². The maximum absolute atomic E-state index is 5.43. The van der Waals surface area contributed by atoms with Crippen LogP contribution in [0.4, 0.5) is 5.69 Å². The second kappa shape index (κ2) is 12.0. The number of hydrogen-bond donors (Lipinski definition) is 2. The summed E-state index contributed by atoms with van der Waals surface area (Å²) < 4.78 is 10.9. The number of aliphatic imine (C=N–C) groups is 1. The first-order valence-corrected chi connectivity index (χ1v) is 11.9. The van der Waals surface area contributed by atoms with E-state index in [0.717, 1.165) is 68.6 Å². The largest absolute Gasteiger partial charge is 0.497 e. The number of ether oxygens (including phenoxy) is 2. The van der Waals surface area contributed by atoms with E-state index < -0.39 is 0 Å². The monoisotopic (exact) mass is 431 g/mol. The van der Waals surface area contributed by atoms with Crippen LogP contribution in [-0.2, 0) is 0 Å². The number of methoxy groups -OCH3 is 2. The Kier molecular flexibility index (Phi) is 9.13. The predicted octanol–water partition coefficient (Wildman–Crippen LogP) is 3.10. The summed E-state index contributed by atoms with van der Waals surface area (Å²) in [5, 5.41) is 7.14. The van der Waals surface area contributed by atoms with E-state index in [-0.39, 0.29) is 0 Å². The first-order valence-electron chi connectivity index (χ1n) is 11.9. The van der Waals surface area contributed by atoms with Gasteiger partial charge in [0.05, 0.1) is 20.8 Å². The predicted molar refractivity (Wildman–Crippen MR) is 129 cm³/mol. The molecule has 2 fully saturated rings. The molecule has 7 nitrogen and oxygen atoms in total. The van der Waals surface area contributed by atoms with Gasteiger partial charge in [0, 0.05) is 55.6 Å². The minimum atomic E-state index is 0.438. The van der Waals surface area contributed by atoms with Gasteiger partial charge in [-0.1, -0.05) is 6.92 Å². The summed E-state index contributed by atoms with van der Waals surface area (Å²) in [5.41, 5.74) is 1.16. The van der Waals surface area contributed by atoms with Crippen molar-refractivity contribution in [3.8, 4) is 11.5 Å². The molecule has 1 aromatic carbocycles. The SMILES string of the molecule is CCNC(=NCC(CC)N1CCCC1)NC1CCN(c2cc(OC)cc(OC)c2)CC1. The molecule has 0 bridgehead atoms. The molecule has 0 saturated carbocycles. The summed E-state index contributed by atoms with van der Waals surface area (Å²) in [6, 6.07) is 7.09. The molecule has 0 aliphatic carbocycles. The van der Waals surface area contributed by atoms with Crippen LogP contribution in [0.15, 0.2) is 23.2 Å². The van der Waals surface area contributed by atoms with Gasteiger partial charge in [0.2, 0.25) is 0 Å². The average Bonchev–Trinajstić information content (AvgIpc) is 3.34. The third-order valence-electron chi connectivity index (χ3n) is 6.47. The van der Waals surface area contributed by atoms with Crippen LogP contribution in [0.1, 0.15) is 46.0 Å². The highest BCUT2D eigenvalue weighted by Crippen LogP contribution is 2.30. The van der Waals surface area contributed by atoms with E-state index in [1.807, 2.05) is 6.07 Å². The van der Waals surface area contributed by atoms with Crippen molar-refractivity contribution >= 4 is 11.6 Å². The zero-order valence-corrected chi connectivity index (χ0v) is 19.8. The topological polar surface area (TPSA) is 61.4 Å². The van der Waals surface area contributed by atoms with Gasteiger partial charge in [-0.15, -0.1) is 0 Å². The first-order chi connectivity index (χ1) is 15.2. The van der Waals surface area contributed by atoms with Crippen LogP contribution < -0.4 is 25.0 Å². The van der Waals surface area contributed by atoms with Crippen LogP contribution in [0.5, 0.6) is 11.5 Å². The van der Waals surface area contributed by atoms with Crippen molar-refractivity contribution in [2.75, 3.05) is 58.4 Å². The van der Waals surface area contributed by atoms with Crippen LogP contribution in [-0.4, -0.2) is 76.4 Å². The number of rotatable bonds is 9. The minimum Gasteiger partial charge on any atom is -0.497 e. The molecule has 7 heteroatoms. The Morgan fingerprint density at radius 1 is 1.03 bits per heavy atom. The Labute approximate surface area is 188 Å². The number of nitrogens with zero attached hydrogens (tertiary/aromatic N) is 3. The highest BCUT2D eigenvalue weighted by Gasteiger charge is 2.23. The van der Waals surface area contributed by atoms with Crippen molar-refractivity contribution in [3.05, 3.63) is 18.2 Å². The smallest absolute Gasteiger partial charge is 0.191 e. The summed E-state index contributed by atoms with van der Waals surface area (Å²) in [5.74, 6) is 2.63. The molecule has 1 aromatic rings. The molecule has 2 N–H and O–H groups in total. The lowest BCUT2D eigenvalue weighted by Crippen LogP contribution is -2.49. The number of guanidine groups is 1. The van der Waals surface area contributed by atoms with Gasteiger partial charge in [-0.3, -0.25) is 9.89 Å². The van der Waals surface area contributed by atoms with Crippen molar-refractivity contribution in [2.24, 2.45) is 4.99 Å². The highest BCUT2D eigenvalue weighted by molar-refractivity contribution is 5.80. The fourth-order valence-corrected chi connectivity index (χ4v) is 4.58. The molecule has 31 heavy (non-hydrogen) atoms. The molecule has 0 aromatic heterocycles. The standard InChI is InChI=1S/C24H41N5O2/c1-5-20(28-11-7-8-12-28)18-26-24(25-6-2)27-19-9-13-29(14-10-19)21-15-22(30-3)17-23(16-21)31-4/h15-17,19-20H,5-14,18H2,1-4H3,(H2,25,26,27). The number of nitrogens with one attached hydrogen (secondary N) is 2. The number of piperidine rings is 1. The third-order valence-corrected chi connectivity index (χ3v) is 6.47. The van der Waals surface area contributed by atoms with Crippen LogP contribution >= 0.6 is 0 Å². The van der Waals surface area contributed by atoms with Gasteiger partial charge >= 0.3 is 0 Å². The lowest BCUT2D eigenvalue weighted by atomic mass is 10.0. The molecule has 1 atom stereocenters. The highest BCUT2D eigenvalue weighted by atomic mass is 16.5. The van der Waals surface area contributed by atoms with Gasteiger partial charge in [0.15, 0.2) is 5.96 Å². The Morgan fingerprint density at radius 2 is 1.68 bits per heavy atom. The van der Waals surface area contributed by atoms with Crippen molar-refractivity contribution in [1.29, 1.82) is 0 Å². The maximum atomic E-state index is 5.43. The molecule has 2 aliphatic rings. The van der Waals surface area contributed by atoms with E-state index in [1.165, 1.54) is 25.9 Å². The van der Waals surface area contributed by atoms with Crippen LogP contribution in [0, 0.1) is 0 Å². The normalized spacial score (nSPS) is 19.4. The number of hydrogen-bond acceptors (Lipinski definition) is 5. The molecule has 3 rings (SSSR count). The van der Waals surface area contributed by atoms with Gasteiger partial charge in [0.25, 0.3) is 0 Å². The van der Waals surface area contributed by atoms with E-state index in [4.69, 9.17) is 14.5 Å². The molecule has 0 amide bonds. The Morgan fingerprint density at radius 3 is 2.23 bits per heavy atom. The zero-order valence-electron chi connectivity index (χ0n) is 19.8. The molecular formula is C24H41N5O2. The minimum absolute atomic E-state index is 0.438. The number of benzene rings is 1. The molecule has 2 heterocycles. The fourth-order valence-electron chi connectivity index (χ4n) is 4.58. The fraction of sp³-hybridized carbons (Fsp3) is 0.708. The molecule has 2 saturated heterocycles. The van der Waals surface area contributed by atoms with Gasteiger partial charge in [-0.2, -0.15) is 0 Å². The van der Waals surface area contributed by atoms with Crippen molar-refractivity contribution < 1.29 is 9.47 Å². The third kappa shape index (κ3) is 6.66. The van der Waals surface area contributed by atoms with Gasteiger partial charge in [0.1, 0.15) is 11.5 Å².